The quantitative estimate of drug-likeness (QED) is 0.425. The molecule has 1 aromatic carbocycles. The van der Waals surface area contributed by atoms with Crippen LogP contribution in [-0.2, 0) is 9.53 Å². The summed E-state index contributed by atoms with van der Waals surface area (Å²) in [5.74, 6) is -0.924. The standard InChI is InChI=1S/C14H17FO3/c1-2-3-10-18-14(17)9-8-13(16)11-4-6-12(15)7-5-11/h4-7H,2-3,8-10H2,1H3. The Labute approximate surface area is 106 Å². The predicted molar refractivity (Wildman–Crippen MR) is 65.8 cm³/mol. The number of ether oxygens (including phenoxy) is 1. The van der Waals surface area contributed by atoms with E-state index < -0.39 is 0 Å². The zero-order valence-corrected chi connectivity index (χ0v) is 10.4. The van der Waals surface area contributed by atoms with E-state index in [0.717, 1.165) is 12.8 Å². The minimum Gasteiger partial charge on any atom is -0.466 e. The van der Waals surface area contributed by atoms with Gasteiger partial charge in [-0.2, -0.15) is 0 Å². The van der Waals surface area contributed by atoms with Crippen molar-refractivity contribution in [1.29, 1.82) is 0 Å². The third-order valence-corrected chi connectivity index (χ3v) is 2.48. The first-order valence-corrected chi connectivity index (χ1v) is 6.08. The number of rotatable bonds is 7. The van der Waals surface area contributed by atoms with Crippen molar-refractivity contribution in [2.75, 3.05) is 6.61 Å². The molecule has 3 nitrogen and oxygen atoms in total. The van der Waals surface area contributed by atoms with Crippen LogP contribution in [-0.4, -0.2) is 18.4 Å². The van der Waals surface area contributed by atoms with Gasteiger partial charge >= 0.3 is 5.97 Å². The molecule has 0 aliphatic heterocycles. The van der Waals surface area contributed by atoms with Crippen LogP contribution >= 0.6 is 0 Å². The van der Waals surface area contributed by atoms with Gasteiger partial charge in [0.2, 0.25) is 0 Å². The molecule has 0 aliphatic rings. The average Bonchev–Trinajstić information content (AvgIpc) is 2.37. The van der Waals surface area contributed by atoms with E-state index in [9.17, 15) is 14.0 Å². The third kappa shape index (κ3) is 5.08. The average molecular weight is 252 g/mol. The molecule has 0 atom stereocenters. The van der Waals surface area contributed by atoms with Crippen LogP contribution in [0.4, 0.5) is 4.39 Å². The monoisotopic (exact) mass is 252 g/mol. The second-order valence-electron chi connectivity index (χ2n) is 4.00. The number of hydrogen-bond donors (Lipinski definition) is 0. The fraction of sp³-hybridized carbons (Fsp3) is 0.429. The molecule has 1 rings (SSSR count). The smallest absolute Gasteiger partial charge is 0.306 e. The molecule has 0 bridgehead atoms. The van der Waals surface area contributed by atoms with E-state index in [-0.39, 0.29) is 30.4 Å². The second-order valence-corrected chi connectivity index (χ2v) is 4.00. The van der Waals surface area contributed by atoms with Gasteiger partial charge in [-0.25, -0.2) is 4.39 Å². The molecule has 0 heterocycles. The summed E-state index contributed by atoms with van der Waals surface area (Å²) in [6.07, 6.45) is 1.95. The van der Waals surface area contributed by atoms with E-state index >= 15 is 0 Å². The zero-order valence-electron chi connectivity index (χ0n) is 10.4. The molecular formula is C14H17FO3. The van der Waals surface area contributed by atoms with E-state index in [1.165, 1.54) is 24.3 Å². The number of Topliss-reactive ketones (excluding diaryl/α,β-unsaturated/α-hetero) is 1. The number of hydrogen-bond acceptors (Lipinski definition) is 3. The number of ketones is 1. The number of benzene rings is 1. The maximum Gasteiger partial charge on any atom is 0.306 e. The summed E-state index contributed by atoms with van der Waals surface area (Å²) in [6, 6.07) is 5.29. The Morgan fingerprint density at radius 3 is 2.44 bits per heavy atom. The van der Waals surface area contributed by atoms with E-state index in [0.29, 0.717) is 12.2 Å². The molecule has 0 amide bonds. The molecule has 0 aliphatic carbocycles. The van der Waals surface area contributed by atoms with Crippen molar-refractivity contribution < 1.29 is 18.7 Å². The summed E-state index contributed by atoms with van der Waals surface area (Å²) in [5.41, 5.74) is 0.415. The highest BCUT2D eigenvalue weighted by molar-refractivity contribution is 5.97. The molecule has 0 radical (unpaired) electrons. The van der Waals surface area contributed by atoms with Crippen molar-refractivity contribution in [3.8, 4) is 0 Å². The van der Waals surface area contributed by atoms with Crippen molar-refractivity contribution in [2.24, 2.45) is 0 Å². The van der Waals surface area contributed by atoms with Crippen molar-refractivity contribution >= 4 is 11.8 Å². The fourth-order valence-electron chi connectivity index (χ4n) is 1.40. The maximum absolute atomic E-state index is 12.7. The first kappa shape index (κ1) is 14.4. The van der Waals surface area contributed by atoms with Crippen LogP contribution < -0.4 is 0 Å². The van der Waals surface area contributed by atoms with Gasteiger partial charge in [0.1, 0.15) is 5.82 Å². The van der Waals surface area contributed by atoms with Gasteiger partial charge in [0, 0.05) is 12.0 Å². The summed E-state index contributed by atoms with van der Waals surface area (Å²) >= 11 is 0. The Morgan fingerprint density at radius 2 is 1.83 bits per heavy atom. The van der Waals surface area contributed by atoms with Gasteiger partial charge in [-0.1, -0.05) is 13.3 Å². The van der Waals surface area contributed by atoms with Crippen molar-refractivity contribution in [2.45, 2.75) is 32.6 Å². The van der Waals surface area contributed by atoms with E-state index in [1.54, 1.807) is 0 Å². The molecule has 1 aromatic rings. The van der Waals surface area contributed by atoms with E-state index in [2.05, 4.69) is 0 Å². The number of carbonyl (C=O) groups excluding carboxylic acids is 2. The zero-order chi connectivity index (χ0) is 13.4. The van der Waals surface area contributed by atoms with Crippen LogP contribution in [0.15, 0.2) is 24.3 Å². The molecule has 0 spiro atoms. The van der Waals surface area contributed by atoms with E-state index in [4.69, 9.17) is 4.74 Å². The van der Waals surface area contributed by atoms with Gasteiger partial charge in [-0.15, -0.1) is 0 Å². The van der Waals surface area contributed by atoms with Crippen molar-refractivity contribution in [3.05, 3.63) is 35.6 Å². The topological polar surface area (TPSA) is 43.4 Å². The number of carbonyl (C=O) groups is 2. The van der Waals surface area contributed by atoms with Crippen molar-refractivity contribution in [1.82, 2.24) is 0 Å². The van der Waals surface area contributed by atoms with E-state index in [1.807, 2.05) is 6.92 Å². The lowest BCUT2D eigenvalue weighted by Gasteiger charge is -2.03. The number of esters is 1. The SMILES string of the molecule is CCCCOC(=O)CCC(=O)c1ccc(F)cc1. The highest BCUT2D eigenvalue weighted by Crippen LogP contribution is 2.08. The van der Waals surface area contributed by atoms with Crippen LogP contribution in [0.5, 0.6) is 0 Å². The first-order chi connectivity index (χ1) is 8.63. The Balaban J connectivity index is 2.32. The second kappa shape index (κ2) is 7.58. The van der Waals surface area contributed by atoms with Crippen LogP contribution in [0.3, 0.4) is 0 Å². The van der Waals surface area contributed by atoms with Crippen LogP contribution in [0, 0.1) is 5.82 Å². The van der Waals surface area contributed by atoms with Gasteiger partial charge in [0.25, 0.3) is 0 Å². The minimum absolute atomic E-state index is 0.0694. The molecule has 98 valence electrons. The van der Waals surface area contributed by atoms with Crippen LogP contribution in [0.1, 0.15) is 43.0 Å². The lowest BCUT2D eigenvalue weighted by molar-refractivity contribution is -0.143. The summed E-state index contributed by atoms with van der Waals surface area (Å²) in [6.45, 7) is 2.41. The van der Waals surface area contributed by atoms with Gasteiger partial charge < -0.3 is 4.74 Å². The van der Waals surface area contributed by atoms with Gasteiger partial charge in [0.05, 0.1) is 13.0 Å². The van der Waals surface area contributed by atoms with Gasteiger partial charge in [-0.05, 0) is 30.7 Å². The lowest BCUT2D eigenvalue weighted by Crippen LogP contribution is -2.09. The molecule has 0 unspecified atom stereocenters. The third-order valence-electron chi connectivity index (χ3n) is 2.48. The molecule has 0 aromatic heterocycles. The summed E-state index contributed by atoms with van der Waals surface area (Å²) < 4.78 is 17.6. The summed E-state index contributed by atoms with van der Waals surface area (Å²) in [5, 5.41) is 0. The first-order valence-electron chi connectivity index (χ1n) is 6.08. The highest BCUT2D eigenvalue weighted by Gasteiger charge is 2.10. The maximum atomic E-state index is 12.7. The predicted octanol–water partition coefficient (Wildman–Crippen LogP) is 3.13. The largest absolute Gasteiger partial charge is 0.466 e. The number of halogens is 1. The molecular weight excluding hydrogens is 235 g/mol. The van der Waals surface area contributed by atoms with Crippen molar-refractivity contribution in [3.63, 3.8) is 0 Å². The molecule has 0 saturated carbocycles. The minimum atomic E-state index is -0.384. The molecule has 0 N–H and O–H groups in total. The van der Waals surface area contributed by atoms with Crippen LogP contribution in [0.2, 0.25) is 0 Å². The molecule has 0 saturated heterocycles. The number of unbranched alkanes of at least 4 members (excludes halogenated alkanes) is 1. The Kier molecular flexibility index (Phi) is 6.05. The Hall–Kier alpha value is -1.71. The summed E-state index contributed by atoms with van der Waals surface area (Å²) in [4.78, 5) is 22.9. The summed E-state index contributed by atoms with van der Waals surface area (Å²) in [7, 11) is 0. The molecule has 0 fully saturated rings. The van der Waals surface area contributed by atoms with Gasteiger partial charge in [-0.3, -0.25) is 9.59 Å². The molecule has 4 heteroatoms. The lowest BCUT2D eigenvalue weighted by atomic mass is 10.1. The van der Waals surface area contributed by atoms with Gasteiger partial charge in [0.15, 0.2) is 5.78 Å². The molecule has 18 heavy (non-hydrogen) atoms. The Morgan fingerprint density at radius 1 is 1.17 bits per heavy atom. The van der Waals surface area contributed by atoms with Crippen LogP contribution in [0.25, 0.3) is 0 Å². The fourth-order valence-corrected chi connectivity index (χ4v) is 1.40. The Bertz CT molecular complexity index is 398. The highest BCUT2D eigenvalue weighted by atomic mass is 19.1. The normalized spacial score (nSPS) is 10.1.